The highest BCUT2D eigenvalue weighted by atomic mass is 32.2. The lowest BCUT2D eigenvalue weighted by atomic mass is 9.84. The Morgan fingerprint density at radius 3 is 2.30 bits per heavy atom. The van der Waals surface area contributed by atoms with E-state index >= 15 is 0 Å². The maximum atomic E-state index is 14.7. The molecule has 3 aliphatic rings. The van der Waals surface area contributed by atoms with E-state index in [2.05, 4.69) is 20.9 Å². The largest absolute Gasteiger partial charge is 0.384 e. The van der Waals surface area contributed by atoms with Gasteiger partial charge in [-0.2, -0.15) is 8.78 Å². The number of ketones is 1. The van der Waals surface area contributed by atoms with Gasteiger partial charge in [-0.1, -0.05) is 37.3 Å². The number of nitrogens with two attached hydrogens (primary N) is 1. The minimum Gasteiger partial charge on any atom is -0.384 e. The number of benzene rings is 1. The second-order valence-corrected chi connectivity index (χ2v) is 16.4. The first-order valence-corrected chi connectivity index (χ1v) is 19.1. The Morgan fingerprint density at radius 1 is 1.08 bits per heavy atom. The van der Waals surface area contributed by atoms with Gasteiger partial charge in [-0.05, 0) is 50.5 Å². The lowest BCUT2D eigenvalue weighted by Crippen LogP contribution is -2.64. The molecule has 3 fully saturated rings. The number of aliphatic hydroxyl groups is 1. The number of Topliss-reactive ketones (excluding diaryl/α,β-unsaturated/α-hetero) is 1. The quantitative estimate of drug-likeness (QED) is 0.211. The number of carbonyl (C=O) groups excluding carboxylic acids is 5. The third-order valence-corrected chi connectivity index (χ3v) is 11.8. The molecule has 3 atom stereocenters. The standard InChI is InChI=1S/C34H45F2N7O9S/c1-33(2,49)26-18-38-41-43(26)22-17-25(30(47)40-34(27(44)28(37)45)12-14-52-15-13-34)42(19-22)31(48)24(16-20-6-4-3-5-7-20)39-29(46)21-8-10-23(11-9-21)53(50,51)32(35)36/h8-11,18,20,22,24-25,32,49H,3-7,12-17,19H2,1-2H3,(H2,37,45)(H,39,46)(H,40,47)/t22-,24+,25-/m0/s1. The molecule has 0 spiro atoms. The monoisotopic (exact) mass is 765 g/mol. The van der Waals surface area contributed by atoms with E-state index < -0.39 is 79.2 Å². The number of carbonyl (C=O) groups is 5. The number of sulfone groups is 1. The molecule has 2 aliphatic heterocycles. The van der Waals surface area contributed by atoms with Gasteiger partial charge in [0.05, 0.1) is 22.8 Å². The lowest BCUT2D eigenvalue weighted by Gasteiger charge is -2.37. The van der Waals surface area contributed by atoms with E-state index in [0.717, 1.165) is 56.4 Å². The predicted octanol–water partition coefficient (Wildman–Crippen LogP) is 1.13. The minimum atomic E-state index is -4.91. The van der Waals surface area contributed by atoms with Crippen molar-refractivity contribution in [1.82, 2.24) is 30.5 Å². The maximum absolute atomic E-state index is 14.7. The fraction of sp³-hybridized carbons (Fsp3) is 0.618. The van der Waals surface area contributed by atoms with Gasteiger partial charge in [0.15, 0.2) is 0 Å². The summed E-state index contributed by atoms with van der Waals surface area (Å²) in [6.45, 7) is 3.07. The third-order valence-electron chi connectivity index (χ3n) is 10.4. The van der Waals surface area contributed by atoms with E-state index in [1.54, 1.807) is 0 Å². The number of halogens is 2. The lowest BCUT2D eigenvalue weighted by molar-refractivity contribution is -0.147. The summed E-state index contributed by atoms with van der Waals surface area (Å²) in [5.41, 5.74) is 2.53. The van der Waals surface area contributed by atoms with Crippen molar-refractivity contribution in [3.8, 4) is 0 Å². The molecule has 1 aromatic heterocycles. The number of nitrogens with one attached hydrogen (secondary N) is 2. The minimum absolute atomic E-state index is 0.0334. The SMILES string of the molecule is CC(C)(O)c1cnnn1[C@H]1C[C@@H](C(=O)NC2(C(=O)C(N)=O)CCOCC2)N(C(=O)[C@@H](CC2CCCCC2)NC(=O)c2ccc(S(=O)(=O)C(F)F)cc2)C1. The fourth-order valence-corrected chi connectivity index (χ4v) is 8.16. The predicted molar refractivity (Wildman–Crippen MR) is 182 cm³/mol. The van der Waals surface area contributed by atoms with E-state index in [1.807, 2.05) is 0 Å². The van der Waals surface area contributed by atoms with Crippen molar-refractivity contribution in [3.63, 3.8) is 0 Å². The van der Waals surface area contributed by atoms with Gasteiger partial charge >= 0.3 is 5.76 Å². The number of alkyl halides is 2. The zero-order valence-electron chi connectivity index (χ0n) is 29.5. The van der Waals surface area contributed by atoms with Crippen molar-refractivity contribution in [2.45, 2.75) is 112 Å². The van der Waals surface area contributed by atoms with Crippen LogP contribution in [0.4, 0.5) is 8.78 Å². The average molecular weight is 766 g/mol. The maximum Gasteiger partial charge on any atom is 0.341 e. The van der Waals surface area contributed by atoms with Gasteiger partial charge in [0.1, 0.15) is 23.2 Å². The van der Waals surface area contributed by atoms with Crippen LogP contribution in [0.15, 0.2) is 35.4 Å². The Hall–Kier alpha value is -4.36. The Morgan fingerprint density at radius 2 is 1.72 bits per heavy atom. The molecule has 0 bridgehead atoms. The topological polar surface area (TPSA) is 233 Å². The number of aromatic nitrogens is 3. The van der Waals surface area contributed by atoms with Crippen LogP contribution in [0.5, 0.6) is 0 Å². The second kappa shape index (κ2) is 15.9. The van der Waals surface area contributed by atoms with E-state index in [9.17, 15) is 46.3 Å². The fourth-order valence-electron chi connectivity index (χ4n) is 7.44. The van der Waals surface area contributed by atoms with Gasteiger partial charge < -0.3 is 31.1 Å². The summed E-state index contributed by atoms with van der Waals surface area (Å²) in [6, 6.07) is 0.803. The normalized spacial score (nSPS) is 21.6. The molecule has 1 aromatic carbocycles. The van der Waals surface area contributed by atoms with Crippen LogP contribution in [-0.2, 0) is 39.4 Å². The van der Waals surface area contributed by atoms with Gasteiger partial charge in [-0.3, -0.25) is 24.0 Å². The summed E-state index contributed by atoms with van der Waals surface area (Å²) < 4.78 is 56.9. The highest BCUT2D eigenvalue weighted by Crippen LogP contribution is 2.34. The number of amides is 4. The molecule has 3 heterocycles. The molecular formula is C34H45F2N7O9S. The Kier molecular flexibility index (Phi) is 12.0. The number of ether oxygens (including phenoxy) is 1. The summed E-state index contributed by atoms with van der Waals surface area (Å²) in [5.74, 6) is -8.00. The van der Waals surface area contributed by atoms with Gasteiger partial charge in [0.2, 0.25) is 27.4 Å². The Bertz CT molecular complexity index is 1800. The Labute approximate surface area is 305 Å². The van der Waals surface area contributed by atoms with Crippen molar-refractivity contribution >= 4 is 39.2 Å². The van der Waals surface area contributed by atoms with Crippen molar-refractivity contribution in [1.29, 1.82) is 0 Å². The van der Waals surface area contributed by atoms with Crippen LogP contribution in [0.1, 0.15) is 93.7 Å². The van der Waals surface area contributed by atoms with E-state index in [1.165, 1.54) is 29.6 Å². The highest BCUT2D eigenvalue weighted by Gasteiger charge is 2.49. The zero-order chi connectivity index (χ0) is 38.7. The molecule has 19 heteroatoms. The third kappa shape index (κ3) is 8.73. The number of hydrogen-bond donors (Lipinski definition) is 4. The summed E-state index contributed by atoms with van der Waals surface area (Å²) in [5, 5.41) is 24.4. The second-order valence-electron chi connectivity index (χ2n) is 14.5. The number of likely N-dealkylation sites (tertiary alicyclic amines) is 1. The molecule has 2 aromatic rings. The van der Waals surface area contributed by atoms with Crippen LogP contribution in [0.2, 0.25) is 0 Å². The van der Waals surface area contributed by atoms with E-state index in [4.69, 9.17) is 10.5 Å². The van der Waals surface area contributed by atoms with Gasteiger partial charge in [-0.15, -0.1) is 5.10 Å². The van der Waals surface area contributed by atoms with Crippen LogP contribution in [0, 0.1) is 5.92 Å². The zero-order valence-corrected chi connectivity index (χ0v) is 30.3. The van der Waals surface area contributed by atoms with Crippen molar-refractivity contribution in [2.24, 2.45) is 11.7 Å². The molecule has 4 amide bonds. The molecule has 2 saturated heterocycles. The van der Waals surface area contributed by atoms with Crippen molar-refractivity contribution in [2.75, 3.05) is 19.8 Å². The van der Waals surface area contributed by atoms with Crippen LogP contribution in [-0.4, -0.2) is 106 Å². The molecule has 1 aliphatic carbocycles. The summed E-state index contributed by atoms with van der Waals surface area (Å²) in [6.07, 6.45) is 5.91. The van der Waals surface area contributed by atoms with Crippen LogP contribution < -0.4 is 16.4 Å². The van der Waals surface area contributed by atoms with Crippen LogP contribution in [0.3, 0.4) is 0 Å². The van der Waals surface area contributed by atoms with Crippen molar-refractivity contribution < 1.29 is 51.0 Å². The van der Waals surface area contributed by atoms with Gasteiger partial charge in [-0.25, -0.2) is 13.1 Å². The molecule has 290 valence electrons. The molecule has 16 nitrogen and oxygen atoms in total. The van der Waals surface area contributed by atoms with Gasteiger partial charge in [0.25, 0.3) is 11.8 Å². The number of rotatable bonds is 13. The van der Waals surface area contributed by atoms with Crippen LogP contribution in [0.25, 0.3) is 0 Å². The van der Waals surface area contributed by atoms with E-state index in [0.29, 0.717) is 5.69 Å². The highest BCUT2D eigenvalue weighted by molar-refractivity contribution is 7.91. The number of hydrogen-bond acceptors (Lipinski definition) is 11. The summed E-state index contributed by atoms with van der Waals surface area (Å²) in [4.78, 5) is 68.3. The van der Waals surface area contributed by atoms with Crippen molar-refractivity contribution in [3.05, 3.63) is 41.7 Å². The molecule has 0 radical (unpaired) electrons. The molecule has 1 saturated carbocycles. The molecule has 0 unspecified atom stereocenters. The van der Waals surface area contributed by atoms with Gasteiger partial charge in [0, 0.05) is 44.6 Å². The average Bonchev–Trinajstić information content (AvgIpc) is 3.80. The first-order valence-electron chi connectivity index (χ1n) is 17.5. The number of primary amides is 1. The molecule has 5 N–H and O–H groups in total. The smallest absolute Gasteiger partial charge is 0.341 e. The first-order chi connectivity index (χ1) is 24.9. The first kappa shape index (κ1) is 39.8. The summed E-state index contributed by atoms with van der Waals surface area (Å²) >= 11 is 0. The molecular weight excluding hydrogens is 720 g/mol. The Balaban J connectivity index is 1.48. The van der Waals surface area contributed by atoms with Crippen LogP contribution >= 0.6 is 0 Å². The van der Waals surface area contributed by atoms with E-state index in [-0.39, 0.29) is 56.9 Å². The summed E-state index contributed by atoms with van der Waals surface area (Å²) in [7, 11) is -4.91. The number of nitrogens with zero attached hydrogens (tertiary/aromatic N) is 4. The molecule has 5 rings (SSSR count). The molecule has 53 heavy (non-hydrogen) atoms.